The molecule has 0 unspecified atom stereocenters. The van der Waals surface area contributed by atoms with Crippen LogP contribution in [0.25, 0.3) is 5.69 Å². The normalized spacial score (nSPS) is 11.5. The number of nitrogens with zero attached hydrogens (tertiary/aromatic N) is 3. The van der Waals surface area contributed by atoms with Gasteiger partial charge in [-0.2, -0.15) is 4.31 Å². The first-order valence-corrected chi connectivity index (χ1v) is 10.9. The number of amides is 1. The van der Waals surface area contributed by atoms with Crippen molar-refractivity contribution in [1.29, 1.82) is 0 Å². The average molecular weight is 429 g/mol. The minimum atomic E-state index is -3.51. The largest absolute Gasteiger partial charge is 0.497 e. The summed E-state index contributed by atoms with van der Waals surface area (Å²) in [5.74, 6) is 0.350. The van der Waals surface area contributed by atoms with Gasteiger partial charge in [0.1, 0.15) is 17.8 Å². The van der Waals surface area contributed by atoms with Crippen LogP contribution in [-0.2, 0) is 10.0 Å². The molecule has 1 N–H and O–H groups in total. The van der Waals surface area contributed by atoms with Gasteiger partial charge < -0.3 is 14.6 Å². The first-order valence-electron chi connectivity index (χ1n) is 9.49. The van der Waals surface area contributed by atoms with Crippen molar-refractivity contribution in [3.05, 3.63) is 66.7 Å². The minimum Gasteiger partial charge on any atom is -0.497 e. The molecule has 0 aliphatic heterocycles. The van der Waals surface area contributed by atoms with Crippen LogP contribution in [0.3, 0.4) is 0 Å². The number of nitrogens with one attached hydrogen (secondary N) is 1. The van der Waals surface area contributed by atoms with Gasteiger partial charge in [-0.05, 0) is 48.5 Å². The second kappa shape index (κ2) is 9.10. The second-order valence-electron chi connectivity index (χ2n) is 6.43. The van der Waals surface area contributed by atoms with Gasteiger partial charge in [0.05, 0.1) is 12.0 Å². The smallest absolute Gasteiger partial charge is 0.275 e. The van der Waals surface area contributed by atoms with Crippen LogP contribution >= 0.6 is 0 Å². The quantitative estimate of drug-likeness (QED) is 0.595. The van der Waals surface area contributed by atoms with Crippen LogP contribution < -0.4 is 10.1 Å². The lowest BCUT2D eigenvalue weighted by Gasteiger charge is -2.18. The molecule has 30 heavy (non-hydrogen) atoms. The van der Waals surface area contributed by atoms with E-state index in [4.69, 9.17) is 4.74 Å². The highest BCUT2D eigenvalue weighted by atomic mass is 32.2. The average Bonchev–Trinajstić information content (AvgIpc) is 3.25. The zero-order valence-corrected chi connectivity index (χ0v) is 17.9. The Balaban J connectivity index is 1.74. The van der Waals surface area contributed by atoms with Crippen molar-refractivity contribution in [2.45, 2.75) is 18.7 Å². The lowest BCUT2D eigenvalue weighted by Crippen LogP contribution is -2.30. The third kappa shape index (κ3) is 4.52. The number of ether oxygens (including phenoxy) is 1. The van der Waals surface area contributed by atoms with E-state index in [9.17, 15) is 13.2 Å². The van der Waals surface area contributed by atoms with E-state index in [1.165, 1.54) is 10.6 Å². The van der Waals surface area contributed by atoms with Crippen molar-refractivity contribution < 1.29 is 17.9 Å². The monoisotopic (exact) mass is 428 g/mol. The van der Waals surface area contributed by atoms with E-state index in [1.54, 1.807) is 80.3 Å². The Labute approximate surface area is 176 Å². The van der Waals surface area contributed by atoms with Gasteiger partial charge in [0.15, 0.2) is 0 Å². The Morgan fingerprint density at radius 2 is 1.70 bits per heavy atom. The van der Waals surface area contributed by atoms with Gasteiger partial charge in [-0.3, -0.25) is 4.79 Å². The molecule has 0 radical (unpaired) electrons. The molecular formula is C21H24N4O4S. The van der Waals surface area contributed by atoms with Crippen molar-refractivity contribution in [3.63, 3.8) is 0 Å². The molecule has 1 aromatic heterocycles. The summed E-state index contributed by atoms with van der Waals surface area (Å²) < 4.78 is 33.4. The third-order valence-electron chi connectivity index (χ3n) is 4.64. The fourth-order valence-corrected chi connectivity index (χ4v) is 4.41. The van der Waals surface area contributed by atoms with Gasteiger partial charge >= 0.3 is 0 Å². The molecule has 158 valence electrons. The van der Waals surface area contributed by atoms with Crippen LogP contribution in [0, 0.1) is 0 Å². The van der Waals surface area contributed by atoms with E-state index < -0.39 is 10.0 Å². The fraction of sp³-hybridized carbons (Fsp3) is 0.238. The van der Waals surface area contributed by atoms with E-state index in [0.717, 1.165) is 0 Å². The van der Waals surface area contributed by atoms with E-state index in [0.29, 0.717) is 30.2 Å². The molecule has 0 saturated heterocycles. The molecule has 3 aromatic rings. The lowest BCUT2D eigenvalue weighted by atomic mass is 10.3. The van der Waals surface area contributed by atoms with Gasteiger partial charge in [-0.1, -0.05) is 13.8 Å². The summed E-state index contributed by atoms with van der Waals surface area (Å²) in [5, 5.41) is 2.77. The summed E-state index contributed by atoms with van der Waals surface area (Å²) in [6.07, 6.45) is 3.10. The molecule has 0 atom stereocenters. The summed E-state index contributed by atoms with van der Waals surface area (Å²) in [5.41, 5.74) is 1.57. The van der Waals surface area contributed by atoms with Crippen molar-refractivity contribution in [1.82, 2.24) is 13.9 Å². The number of rotatable bonds is 8. The van der Waals surface area contributed by atoms with Gasteiger partial charge in [0.2, 0.25) is 10.0 Å². The highest BCUT2D eigenvalue weighted by Gasteiger charge is 2.21. The Kier molecular flexibility index (Phi) is 6.53. The molecule has 0 fully saturated rings. The predicted octanol–water partition coefficient (Wildman–Crippen LogP) is 3.16. The molecule has 0 spiro atoms. The second-order valence-corrected chi connectivity index (χ2v) is 8.37. The van der Waals surface area contributed by atoms with Gasteiger partial charge in [-0.25, -0.2) is 13.4 Å². The summed E-state index contributed by atoms with van der Waals surface area (Å²) in [6.45, 7) is 4.43. The molecule has 1 heterocycles. The number of methoxy groups -OCH3 is 1. The molecule has 3 rings (SSSR count). The molecule has 9 heteroatoms. The maximum atomic E-state index is 12.6. The summed E-state index contributed by atoms with van der Waals surface area (Å²) in [6, 6.07) is 13.5. The van der Waals surface area contributed by atoms with Crippen molar-refractivity contribution in [2.24, 2.45) is 0 Å². The molecule has 0 aliphatic carbocycles. The minimum absolute atomic E-state index is 0.229. The number of benzene rings is 2. The summed E-state index contributed by atoms with van der Waals surface area (Å²) in [7, 11) is -1.94. The van der Waals surface area contributed by atoms with Crippen LogP contribution in [0.1, 0.15) is 24.3 Å². The molecule has 8 nitrogen and oxygen atoms in total. The van der Waals surface area contributed by atoms with E-state index >= 15 is 0 Å². The van der Waals surface area contributed by atoms with Crippen LogP contribution in [0.2, 0.25) is 0 Å². The first kappa shape index (κ1) is 21.5. The van der Waals surface area contributed by atoms with Crippen molar-refractivity contribution in [2.75, 3.05) is 25.5 Å². The third-order valence-corrected chi connectivity index (χ3v) is 6.71. The van der Waals surface area contributed by atoms with E-state index in [2.05, 4.69) is 10.3 Å². The Hall–Kier alpha value is -3.17. The van der Waals surface area contributed by atoms with Gasteiger partial charge in [-0.15, -0.1) is 0 Å². The topological polar surface area (TPSA) is 93.5 Å². The Morgan fingerprint density at radius 3 is 2.27 bits per heavy atom. The van der Waals surface area contributed by atoms with E-state index in [-0.39, 0.29) is 16.5 Å². The molecule has 0 saturated carbocycles. The van der Waals surface area contributed by atoms with Gasteiger partial charge in [0, 0.05) is 30.7 Å². The highest BCUT2D eigenvalue weighted by molar-refractivity contribution is 7.89. The number of sulfonamides is 1. The number of carbonyl (C=O) groups excluding carboxylic acids is 1. The lowest BCUT2D eigenvalue weighted by molar-refractivity contribution is 0.102. The molecule has 0 bridgehead atoms. The standard InChI is InChI=1S/C21H24N4O4S/c1-4-25(5-2)30(27,28)19-12-8-17(9-13-19)24-14-20(22-15-24)21(26)23-16-6-10-18(29-3)11-7-16/h6-15H,4-5H2,1-3H3,(H,23,26). The Morgan fingerprint density at radius 1 is 1.07 bits per heavy atom. The zero-order valence-electron chi connectivity index (χ0n) is 17.1. The maximum absolute atomic E-state index is 12.6. The number of hydrogen-bond donors (Lipinski definition) is 1. The maximum Gasteiger partial charge on any atom is 0.275 e. The molecule has 1 amide bonds. The van der Waals surface area contributed by atoms with Crippen LogP contribution in [-0.4, -0.2) is 48.4 Å². The van der Waals surface area contributed by atoms with E-state index in [1.807, 2.05) is 0 Å². The number of carbonyl (C=O) groups is 1. The van der Waals surface area contributed by atoms with Crippen molar-refractivity contribution in [3.8, 4) is 11.4 Å². The highest BCUT2D eigenvalue weighted by Crippen LogP contribution is 2.19. The zero-order chi connectivity index (χ0) is 21.7. The molecule has 0 aliphatic rings. The first-order chi connectivity index (χ1) is 14.4. The van der Waals surface area contributed by atoms with Crippen LogP contribution in [0.15, 0.2) is 66.0 Å². The summed E-state index contributed by atoms with van der Waals surface area (Å²) >= 11 is 0. The fourth-order valence-electron chi connectivity index (χ4n) is 2.95. The van der Waals surface area contributed by atoms with Crippen LogP contribution in [0.4, 0.5) is 5.69 Å². The number of aromatic nitrogens is 2. The van der Waals surface area contributed by atoms with Crippen LogP contribution in [0.5, 0.6) is 5.75 Å². The Bertz CT molecular complexity index is 1100. The number of hydrogen-bond acceptors (Lipinski definition) is 5. The van der Waals surface area contributed by atoms with Gasteiger partial charge in [0.25, 0.3) is 5.91 Å². The van der Waals surface area contributed by atoms with Crippen molar-refractivity contribution >= 4 is 21.6 Å². The number of anilines is 1. The SMILES string of the molecule is CCN(CC)S(=O)(=O)c1ccc(-n2cnc(C(=O)Nc3ccc(OC)cc3)c2)cc1. The number of imidazole rings is 1. The molecule has 2 aromatic carbocycles. The predicted molar refractivity (Wildman–Crippen MR) is 115 cm³/mol. The summed E-state index contributed by atoms with van der Waals surface area (Å²) in [4.78, 5) is 16.8. The molecular weight excluding hydrogens is 404 g/mol.